The zero-order chi connectivity index (χ0) is 13.8. The third kappa shape index (κ3) is 2.59. The number of carbonyl (C=O) groups is 1. The molecule has 0 fully saturated rings. The van der Waals surface area contributed by atoms with Crippen molar-refractivity contribution in [1.29, 1.82) is 0 Å². The lowest BCUT2D eigenvalue weighted by Crippen LogP contribution is -2.21. The Morgan fingerprint density at radius 3 is 2.89 bits per heavy atom. The number of hydrogen-bond donors (Lipinski definition) is 1. The first-order valence-electron chi connectivity index (χ1n) is 5.55. The van der Waals surface area contributed by atoms with Crippen LogP contribution >= 0.6 is 0 Å². The first kappa shape index (κ1) is 12.7. The fourth-order valence-corrected chi connectivity index (χ4v) is 1.48. The van der Waals surface area contributed by atoms with Crippen LogP contribution in [-0.2, 0) is 6.54 Å². The van der Waals surface area contributed by atoms with Crippen molar-refractivity contribution in [3.8, 4) is 11.6 Å². The molecule has 0 aliphatic rings. The van der Waals surface area contributed by atoms with Gasteiger partial charge >= 0.3 is 11.5 Å². The number of pyridine rings is 1. The second-order valence-corrected chi connectivity index (χ2v) is 3.58. The Kier molecular flexibility index (Phi) is 3.56. The van der Waals surface area contributed by atoms with Gasteiger partial charge in [0, 0.05) is 25.1 Å². The molecule has 7 heteroatoms. The smallest absolute Gasteiger partial charge is 0.358 e. The highest BCUT2D eigenvalue weighted by atomic mass is 16.5. The highest BCUT2D eigenvalue weighted by molar-refractivity contribution is 5.88. The van der Waals surface area contributed by atoms with Crippen molar-refractivity contribution >= 4 is 5.97 Å². The Morgan fingerprint density at radius 1 is 1.42 bits per heavy atom. The third-order valence-electron chi connectivity index (χ3n) is 2.40. The van der Waals surface area contributed by atoms with Crippen LogP contribution in [-0.4, -0.2) is 25.6 Å². The Balaban J connectivity index is 2.42. The number of aromatic nitrogens is 3. The van der Waals surface area contributed by atoms with E-state index in [9.17, 15) is 9.59 Å². The van der Waals surface area contributed by atoms with Crippen LogP contribution in [0.15, 0.2) is 35.5 Å². The summed E-state index contributed by atoms with van der Waals surface area (Å²) in [6.07, 6.45) is 4.27. The Labute approximate surface area is 108 Å². The SMILES string of the molecule is CCn1ccnc(Oc2cccnc2C(=O)O)c1=O. The van der Waals surface area contributed by atoms with Crippen LogP contribution in [0.2, 0.25) is 0 Å². The van der Waals surface area contributed by atoms with Crippen molar-refractivity contribution in [2.24, 2.45) is 0 Å². The third-order valence-corrected chi connectivity index (χ3v) is 2.40. The van der Waals surface area contributed by atoms with Gasteiger partial charge in [0.05, 0.1) is 0 Å². The van der Waals surface area contributed by atoms with E-state index in [1.807, 2.05) is 0 Å². The minimum atomic E-state index is -1.23. The maximum absolute atomic E-state index is 11.9. The Bertz CT molecular complexity index is 666. The second kappa shape index (κ2) is 5.30. The molecule has 0 spiro atoms. The summed E-state index contributed by atoms with van der Waals surface area (Å²) in [5.41, 5.74) is -0.694. The minimum absolute atomic E-state index is 0.0200. The Hall–Kier alpha value is -2.70. The fourth-order valence-electron chi connectivity index (χ4n) is 1.48. The summed E-state index contributed by atoms with van der Waals surface area (Å²) in [4.78, 5) is 30.4. The molecule has 19 heavy (non-hydrogen) atoms. The Morgan fingerprint density at radius 2 is 2.21 bits per heavy atom. The lowest BCUT2D eigenvalue weighted by molar-refractivity contribution is 0.0687. The average molecular weight is 261 g/mol. The zero-order valence-electron chi connectivity index (χ0n) is 10.1. The summed E-state index contributed by atoms with van der Waals surface area (Å²) in [7, 11) is 0. The van der Waals surface area contributed by atoms with Crippen LogP contribution in [0, 0.1) is 0 Å². The molecule has 2 aromatic heterocycles. The predicted molar refractivity (Wildman–Crippen MR) is 65.4 cm³/mol. The maximum Gasteiger partial charge on any atom is 0.358 e. The predicted octanol–water partition coefficient (Wildman–Crippen LogP) is 1.15. The van der Waals surface area contributed by atoms with Crippen molar-refractivity contribution in [1.82, 2.24) is 14.5 Å². The summed E-state index contributed by atoms with van der Waals surface area (Å²) in [6, 6.07) is 2.93. The van der Waals surface area contributed by atoms with E-state index in [1.165, 1.54) is 35.3 Å². The molecule has 0 radical (unpaired) electrons. The molecule has 2 aromatic rings. The highest BCUT2D eigenvalue weighted by Crippen LogP contribution is 2.19. The van der Waals surface area contributed by atoms with Crippen molar-refractivity contribution in [3.63, 3.8) is 0 Å². The van der Waals surface area contributed by atoms with E-state index in [2.05, 4.69) is 9.97 Å². The van der Waals surface area contributed by atoms with Gasteiger partial charge in [-0.15, -0.1) is 0 Å². The van der Waals surface area contributed by atoms with Crippen LogP contribution in [0.4, 0.5) is 0 Å². The largest absolute Gasteiger partial charge is 0.476 e. The number of rotatable bonds is 4. The van der Waals surface area contributed by atoms with Crippen molar-refractivity contribution in [2.45, 2.75) is 13.5 Å². The number of nitrogens with zero attached hydrogens (tertiary/aromatic N) is 3. The number of aromatic carboxylic acids is 1. The van der Waals surface area contributed by atoms with Crippen LogP contribution < -0.4 is 10.3 Å². The van der Waals surface area contributed by atoms with E-state index in [1.54, 1.807) is 6.92 Å². The summed E-state index contributed by atoms with van der Waals surface area (Å²) in [6.45, 7) is 2.27. The molecule has 98 valence electrons. The highest BCUT2D eigenvalue weighted by Gasteiger charge is 2.15. The monoisotopic (exact) mass is 261 g/mol. The number of carboxylic acid groups (broad SMARTS) is 1. The van der Waals surface area contributed by atoms with Gasteiger partial charge < -0.3 is 14.4 Å². The number of ether oxygens (including phenoxy) is 1. The fraction of sp³-hybridized carbons (Fsp3) is 0.167. The summed E-state index contributed by atoms with van der Waals surface area (Å²) in [5, 5.41) is 8.97. The van der Waals surface area contributed by atoms with Crippen LogP contribution in [0.5, 0.6) is 11.6 Å². The van der Waals surface area contributed by atoms with Gasteiger partial charge in [-0.3, -0.25) is 4.79 Å². The van der Waals surface area contributed by atoms with E-state index >= 15 is 0 Å². The molecule has 0 saturated carbocycles. The molecular weight excluding hydrogens is 250 g/mol. The number of hydrogen-bond acceptors (Lipinski definition) is 5. The normalized spacial score (nSPS) is 10.2. The summed E-state index contributed by atoms with van der Waals surface area (Å²) < 4.78 is 6.66. The van der Waals surface area contributed by atoms with Gasteiger partial charge in [-0.05, 0) is 19.1 Å². The molecule has 0 saturated heterocycles. The van der Waals surface area contributed by atoms with Crippen LogP contribution in [0.1, 0.15) is 17.4 Å². The standard InChI is InChI=1S/C12H11N3O4/c1-2-15-7-6-14-10(11(15)16)19-8-4-3-5-13-9(8)12(17)18/h3-7H,2H2,1H3,(H,17,18). The molecule has 0 amide bonds. The van der Waals surface area contributed by atoms with Crippen molar-refractivity contribution < 1.29 is 14.6 Å². The molecule has 2 heterocycles. The molecule has 2 rings (SSSR count). The molecule has 0 aromatic carbocycles. The minimum Gasteiger partial charge on any atom is -0.476 e. The van der Waals surface area contributed by atoms with Gasteiger partial charge in [0.1, 0.15) is 0 Å². The quantitative estimate of drug-likeness (QED) is 0.887. The van der Waals surface area contributed by atoms with E-state index in [4.69, 9.17) is 9.84 Å². The van der Waals surface area contributed by atoms with E-state index in [0.717, 1.165) is 0 Å². The average Bonchev–Trinajstić information content (AvgIpc) is 2.41. The molecule has 0 unspecified atom stereocenters. The van der Waals surface area contributed by atoms with E-state index in [0.29, 0.717) is 6.54 Å². The van der Waals surface area contributed by atoms with Crippen LogP contribution in [0.25, 0.3) is 0 Å². The van der Waals surface area contributed by atoms with Crippen molar-refractivity contribution in [2.75, 3.05) is 0 Å². The second-order valence-electron chi connectivity index (χ2n) is 3.58. The molecule has 0 bridgehead atoms. The molecule has 7 nitrogen and oxygen atoms in total. The number of carboxylic acids is 1. The van der Waals surface area contributed by atoms with Crippen molar-refractivity contribution in [3.05, 3.63) is 46.8 Å². The molecule has 0 aliphatic heterocycles. The van der Waals surface area contributed by atoms with E-state index in [-0.39, 0.29) is 17.3 Å². The van der Waals surface area contributed by atoms with Gasteiger partial charge in [-0.25, -0.2) is 14.8 Å². The number of aryl methyl sites for hydroxylation is 1. The molecular formula is C12H11N3O4. The first-order valence-corrected chi connectivity index (χ1v) is 5.55. The molecule has 0 aliphatic carbocycles. The first-order chi connectivity index (χ1) is 9.13. The maximum atomic E-state index is 11.9. The lowest BCUT2D eigenvalue weighted by Gasteiger charge is -2.07. The van der Waals surface area contributed by atoms with Gasteiger partial charge in [-0.1, -0.05) is 0 Å². The summed E-state index contributed by atoms with van der Waals surface area (Å²) in [5.74, 6) is -1.43. The lowest BCUT2D eigenvalue weighted by atomic mass is 10.3. The van der Waals surface area contributed by atoms with Gasteiger partial charge in [0.25, 0.3) is 5.88 Å². The van der Waals surface area contributed by atoms with E-state index < -0.39 is 11.5 Å². The molecule has 0 atom stereocenters. The van der Waals surface area contributed by atoms with Crippen LogP contribution in [0.3, 0.4) is 0 Å². The van der Waals surface area contributed by atoms with Gasteiger partial charge in [-0.2, -0.15) is 0 Å². The topological polar surface area (TPSA) is 94.3 Å². The summed E-state index contributed by atoms with van der Waals surface area (Å²) >= 11 is 0. The van der Waals surface area contributed by atoms with Gasteiger partial charge in [0.15, 0.2) is 11.4 Å². The molecule has 1 N–H and O–H groups in total. The zero-order valence-corrected chi connectivity index (χ0v) is 10.1. The van der Waals surface area contributed by atoms with Gasteiger partial charge in [0.2, 0.25) is 0 Å².